The Morgan fingerprint density at radius 3 is 2.70 bits per heavy atom. The lowest BCUT2D eigenvalue weighted by Gasteiger charge is -2.20. The zero-order valence-electron chi connectivity index (χ0n) is 13.3. The summed E-state index contributed by atoms with van der Waals surface area (Å²) in [5.74, 6) is 0.556. The lowest BCUT2D eigenvalue weighted by Crippen LogP contribution is -2.19. The number of rotatable bonds is 6. The molecule has 1 atom stereocenters. The molecule has 0 fully saturated rings. The van der Waals surface area contributed by atoms with Gasteiger partial charge in [-0.25, -0.2) is 4.39 Å². The van der Waals surface area contributed by atoms with E-state index < -0.39 is 0 Å². The zero-order chi connectivity index (χ0) is 16.2. The number of aromatic nitrogens is 2. The third-order valence-corrected chi connectivity index (χ3v) is 4.02. The smallest absolute Gasteiger partial charge is 0.144 e. The summed E-state index contributed by atoms with van der Waals surface area (Å²) >= 11 is 0. The molecule has 0 bridgehead atoms. The summed E-state index contributed by atoms with van der Waals surface area (Å²) in [6.07, 6.45) is 2.69. The molecular formula is C18H20FN3O. The van der Waals surface area contributed by atoms with Gasteiger partial charge in [-0.05, 0) is 43.8 Å². The van der Waals surface area contributed by atoms with Crippen molar-refractivity contribution in [3.63, 3.8) is 0 Å². The van der Waals surface area contributed by atoms with Crippen molar-refractivity contribution in [1.29, 1.82) is 0 Å². The molecule has 23 heavy (non-hydrogen) atoms. The summed E-state index contributed by atoms with van der Waals surface area (Å²) in [5.41, 5.74) is 1.98. The second kappa shape index (κ2) is 6.79. The molecule has 1 aromatic heterocycles. The van der Waals surface area contributed by atoms with Crippen molar-refractivity contribution in [2.45, 2.75) is 12.5 Å². The van der Waals surface area contributed by atoms with Gasteiger partial charge in [0.05, 0.1) is 19.3 Å². The second-order valence-electron chi connectivity index (χ2n) is 5.45. The maximum atomic E-state index is 13.3. The predicted molar refractivity (Wildman–Crippen MR) is 89.4 cm³/mol. The van der Waals surface area contributed by atoms with Crippen LogP contribution in [0.3, 0.4) is 0 Å². The molecule has 1 unspecified atom stereocenters. The maximum absolute atomic E-state index is 13.3. The maximum Gasteiger partial charge on any atom is 0.144 e. The molecule has 0 saturated carbocycles. The van der Waals surface area contributed by atoms with Gasteiger partial charge in [0.2, 0.25) is 0 Å². The number of hydrogen-bond acceptors (Lipinski definition) is 3. The predicted octanol–water partition coefficient (Wildman–Crippen LogP) is 3.38. The first kappa shape index (κ1) is 15.5. The Morgan fingerprint density at radius 1 is 1.22 bits per heavy atom. The van der Waals surface area contributed by atoms with Gasteiger partial charge in [-0.1, -0.05) is 24.3 Å². The third-order valence-electron chi connectivity index (χ3n) is 4.02. The standard InChI is InChI=1S/C18H20FN3O/c1-20-11-10-16(13-6-8-15(19)9-7-13)22-18-14(12-21-22)4-3-5-17(18)23-2/h3-9,12,16,20H,10-11H2,1-2H3. The quantitative estimate of drug-likeness (QED) is 0.758. The molecule has 0 saturated heterocycles. The Balaban J connectivity index is 2.11. The van der Waals surface area contributed by atoms with E-state index in [4.69, 9.17) is 4.74 Å². The van der Waals surface area contributed by atoms with Crippen LogP contribution >= 0.6 is 0 Å². The van der Waals surface area contributed by atoms with Crippen molar-refractivity contribution in [1.82, 2.24) is 15.1 Å². The first-order valence-electron chi connectivity index (χ1n) is 7.65. The molecule has 0 aliphatic rings. The van der Waals surface area contributed by atoms with E-state index in [1.807, 2.05) is 48.3 Å². The Hall–Kier alpha value is -2.40. The van der Waals surface area contributed by atoms with E-state index in [2.05, 4.69) is 10.4 Å². The van der Waals surface area contributed by atoms with Gasteiger partial charge in [0.25, 0.3) is 0 Å². The summed E-state index contributed by atoms with van der Waals surface area (Å²) < 4.78 is 20.7. The van der Waals surface area contributed by atoms with Crippen LogP contribution in [0.4, 0.5) is 4.39 Å². The molecule has 120 valence electrons. The van der Waals surface area contributed by atoms with Gasteiger partial charge >= 0.3 is 0 Å². The number of halogens is 1. The minimum Gasteiger partial charge on any atom is -0.494 e. The van der Waals surface area contributed by atoms with Crippen LogP contribution in [0.15, 0.2) is 48.7 Å². The molecule has 1 heterocycles. The molecule has 0 spiro atoms. The SMILES string of the molecule is CNCCC(c1ccc(F)cc1)n1ncc2cccc(OC)c21. The van der Waals surface area contributed by atoms with Crippen molar-refractivity contribution >= 4 is 10.9 Å². The number of methoxy groups -OCH3 is 1. The lowest BCUT2D eigenvalue weighted by molar-refractivity contribution is 0.412. The Labute approximate surface area is 134 Å². The summed E-state index contributed by atoms with van der Waals surface area (Å²) in [6.45, 7) is 0.832. The molecule has 3 rings (SSSR count). The van der Waals surface area contributed by atoms with Crippen LogP contribution in [0.25, 0.3) is 10.9 Å². The van der Waals surface area contributed by atoms with Gasteiger partial charge in [-0.15, -0.1) is 0 Å². The van der Waals surface area contributed by atoms with Crippen molar-refractivity contribution < 1.29 is 9.13 Å². The summed E-state index contributed by atoms with van der Waals surface area (Å²) in [4.78, 5) is 0. The number of nitrogens with one attached hydrogen (secondary N) is 1. The highest BCUT2D eigenvalue weighted by Gasteiger charge is 2.19. The van der Waals surface area contributed by atoms with E-state index >= 15 is 0 Å². The van der Waals surface area contributed by atoms with Gasteiger partial charge in [0, 0.05) is 5.39 Å². The van der Waals surface area contributed by atoms with Crippen LogP contribution in [0.5, 0.6) is 5.75 Å². The highest BCUT2D eigenvalue weighted by atomic mass is 19.1. The molecule has 0 radical (unpaired) electrons. The van der Waals surface area contributed by atoms with Crippen LogP contribution in [0, 0.1) is 5.82 Å². The van der Waals surface area contributed by atoms with Gasteiger partial charge in [0.15, 0.2) is 0 Å². The monoisotopic (exact) mass is 313 g/mol. The number of hydrogen-bond donors (Lipinski definition) is 1. The van der Waals surface area contributed by atoms with Crippen LogP contribution in [0.1, 0.15) is 18.0 Å². The van der Waals surface area contributed by atoms with Crippen molar-refractivity contribution in [3.8, 4) is 5.75 Å². The Morgan fingerprint density at radius 2 is 2.00 bits per heavy atom. The minimum absolute atomic E-state index is 0.0110. The fourth-order valence-corrected chi connectivity index (χ4v) is 2.87. The summed E-state index contributed by atoms with van der Waals surface area (Å²) in [7, 11) is 3.58. The van der Waals surface area contributed by atoms with Gasteiger partial charge in [0.1, 0.15) is 17.1 Å². The third kappa shape index (κ3) is 3.05. The van der Waals surface area contributed by atoms with Crippen molar-refractivity contribution in [2.75, 3.05) is 20.7 Å². The van der Waals surface area contributed by atoms with Gasteiger partial charge in [-0.2, -0.15) is 5.10 Å². The molecule has 0 aliphatic heterocycles. The first-order valence-corrected chi connectivity index (χ1v) is 7.65. The number of para-hydroxylation sites is 1. The van der Waals surface area contributed by atoms with Crippen molar-refractivity contribution in [3.05, 3.63) is 60.0 Å². The van der Waals surface area contributed by atoms with E-state index in [0.29, 0.717) is 0 Å². The van der Waals surface area contributed by atoms with E-state index in [-0.39, 0.29) is 11.9 Å². The van der Waals surface area contributed by atoms with Crippen molar-refractivity contribution in [2.24, 2.45) is 0 Å². The number of nitrogens with zero attached hydrogens (tertiary/aromatic N) is 2. The number of fused-ring (bicyclic) bond motifs is 1. The molecule has 0 amide bonds. The molecule has 0 aliphatic carbocycles. The summed E-state index contributed by atoms with van der Waals surface area (Å²) in [6, 6.07) is 12.5. The van der Waals surface area contributed by atoms with Crippen LogP contribution < -0.4 is 10.1 Å². The van der Waals surface area contributed by atoms with Crippen LogP contribution in [-0.2, 0) is 0 Å². The Bertz CT molecular complexity index is 783. The fraction of sp³-hybridized carbons (Fsp3) is 0.278. The molecule has 4 nitrogen and oxygen atoms in total. The van der Waals surface area contributed by atoms with E-state index in [1.165, 1.54) is 12.1 Å². The fourth-order valence-electron chi connectivity index (χ4n) is 2.87. The highest BCUT2D eigenvalue weighted by Crippen LogP contribution is 2.31. The second-order valence-corrected chi connectivity index (χ2v) is 5.45. The Kier molecular flexibility index (Phi) is 4.57. The van der Waals surface area contributed by atoms with Crippen LogP contribution in [-0.4, -0.2) is 30.5 Å². The first-order chi connectivity index (χ1) is 11.2. The molecule has 3 aromatic rings. The minimum atomic E-state index is -0.232. The van der Waals surface area contributed by atoms with E-state index in [9.17, 15) is 4.39 Å². The van der Waals surface area contributed by atoms with E-state index in [1.54, 1.807) is 7.11 Å². The zero-order valence-corrected chi connectivity index (χ0v) is 13.3. The molecular weight excluding hydrogens is 293 g/mol. The largest absolute Gasteiger partial charge is 0.494 e. The molecule has 5 heteroatoms. The normalized spacial score (nSPS) is 12.5. The number of ether oxygens (including phenoxy) is 1. The highest BCUT2D eigenvalue weighted by molar-refractivity contribution is 5.84. The average molecular weight is 313 g/mol. The van der Waals surface area contributed by atoms with Gasteiger partial charge in [-0.3, -0.25) is 4.68 Å². The van der Waals surface area contributed by atoms with Crippen LogP contribution in [0.2, 0.25) is 0 Å². The lowest BCUT2D eigenvalue weighted by atomic mass is 10.0. The topological polar surface area (TPSA) is 39.1 Å². The molecule has 2 aromatic carbocycles. The average Bonchev–Trinajstić information content (AvgIpc) is 3.01. The number of benzene rings is 2. The molecule has 1 N–H and O–H groups in total. The van der Waals surface area contributed by atoms with E-state index in [0.717, 1.165) is 35.2 Å². The summed E-state index contributed by atoms with van der Waals surface area (Å²) in [5, 5.41) is 8.77. The van der Waals surface area contributed by atoms with Gasteiger partial charge < -0.3 is 10.1 Å².